The number of anilines is 2. The summed E-state index contributed by atoms with van der Waals surface area (Å²) >= 11 is 0. The largest absolute Gasteiger partial charge is 0.353 e. The average molecular weight is 325 g/mol. The first-order chi connectivity index (χ1) is 11.7. The second-order valence-electron chi connectivity index (χ2n) is 5.43. The normalized spacial score (nSPS) is 14.2. The van der Waals surface area contributed by atoms with Crippen LogP contribution in [0, 0.1) is 17.1 Å². The second kappa shape index (κ2) is 6.96. The lowest BCUT2D eigenvalue weighted by Gasteiger charge is -2.35. The Morgan fingerprint density at radius 3 is 2.54 bits per heavy atom. The fourth-order valence-corrected chi connectivity index (χ4v) is 2.54. The van der Waals surface area contributed by atoms with Crippen molar-refractivity contribution < 1.29 is 9.18 Å². The predicted molar refractivity (Wildman–Crippen MR) is 88.2 cm³/mol. The maximum Gasteiger partial charge on any atom is 0.321 e. The molecule has 0 radical (unpaired) electrons. The van der Waals surface area contributed by atoms with Gasteiger partial charge in [-0.1, -0.05) is 0 Å². The highest BCUT2D eigenvalue weighted by Gasteiger charge is 2.22. The molecule has 1 aromatic carbocycles. The number of aromatic nitrogens is 1. The standard InChI is InChI=1S/C17H16FN5O/c18-14-1-3-15(4-2-14)21-17(24)23-9-7-22(8-10-23)16-11-13(12-19)5-6-20-16/h1-6,11H,7-10H2,(H,21,24). The van der Waals surface area contributed by atoms with Gasteiger partial charge in [0.2, 0.25) is 0 Å². The van der Waals surface area contributed by atoms with Gasteiger partial charge in [0.15, 0.2) is 0 Å². The first-order valence-corrected chi connectivity index (χ1v) is 7.58. The first-order valence-electron chi connectivity index (χ1n) is 7.58. The third-order valence-corrected chi connectivity index (χ3v) is 3.86. The number of pyridine rings is 1. The molecule has 0 bridgehead atoms. The first kappa shape index (κ1) is 15.7. The van der Waals surface area contributed by atoms with Crippen molar-refractivity contribution in [2.75, 3.05) is 36.4 Å². The zero-order valence-electron chi connectivity index (χ0n) is 12.9. The number of piperazine rings is 1. The molecule has 1 saturated heterocycles. The SMILES string of the molecule is N#Cc1ccnc(N2CCN(C(=O)Nc3ccc(F)cc3)CC2)c1. The number of amides is 2. The highest BCUT2D eigenvalue weighted by atomic mass is 19.1. The van der Waals surface area contributed by atoms with Gasteiger partial charge in [0.25, 0.3) is 0 Å². The number of hydrogen-bond donors (Lipinski definition) is 1. The lowest BCUT2D eigenvalue weighted by molar-refractivity contribution is 0.208. The number of urea groups is 1. The van der Waals surface area contributed by atoms with Crippen molar-refractivity contribution in [2.24, 2.45) is 0 Å². The summed E-state index contributed by atoms with van der Waals surface area (Å²) < 4.78 is 12.9. The van der Waals surface area contributed by atoms with Crippen LogP contribution in [-0.2, 0) is 0 Å². The van der Waals surface area contributed by atoms with Crippen LogP contribution in [0.5, 0.6) is 0 Å². The molecule has 0 spiro atoms. The van der Waals surface area contributed by atoms with Crippen LogP contribution >= 0.6 is 0 Å². The Labute approximate surface area is 139 Å². The predicted octanol–water partition coefficient (Wildman–Crippen LogP) is 2.45. The fourth-order valence-electron chi connectivity index (χ4n) is 2.54. The molecule has 1 fully saturated rings. The van der Waals surface area contributed by atoms with Gasteiger partial charge in [-0.25, -0.2) is 14.2 Å². The van der Waals surface area contributed by atoms with E-state index >= 15 is 0 Å². The van der Waals surface area contributed by atoms with Crippen molar-refractivity contribution in [1.29, 1.82) is 5.26 Å². The van der Waals surface area contributed by atoms with Gasteiger partial charge in [0.05, 0.1) is 11.6 Å². The third-order valence-electron chi connectivity index (χ3n) is 3.86. The number of carbonyl (C=O) groups is 1. The van der Waals surface area contributed by atoms with Crippen molar-refractivity contribution in [3.63, 3.8) is 0 Å². The zero-order valence-corrected chi connectivity index (χ0v) is 12.9. The lowest BCUT2D eigenvalue weighted by atomic mass is 10.2. The van der Waals surface area contributed by atoms with Gasteiger partial charge in [-0.2, -0.15) is 5.26 Å². The van der Waals surface area contributed by atoms with E-state index in [9.17, 15) is 9.18 Å². The Morgan fingerprint density at radius 1 is 1.17 bits per heavy atom. The molecule has 0 saturated carbocycles. The van der Waals surface area contributed by atoms with E-state index < -0.39 is 0 Å². The number of carbonyl (C=O) groups excluding carboxylic acids is 1. The number of rotatable bonds is 2. The van der Waals surface area contributed by atoms with E-state index in [1.807, 2.05) is 4.90 Å². The molecule has 6 nitrogen and oxygen atoms in total. The topological polar surface area (TPSA) is 72.3 Å². The summed E-state index contributed by atoms with van der Waals surface area (Å²) in [7, 11) is 0. The maximum atomic E-state index is 12.9. The molecule has 0 aliphatic carbocycles. The van der Waals surface area contributed by atoms with Crippen LogP contribution in [0.2, 0.25) is 0 Å². The summed E-state index contributed by atoms with van der Waals surface area (Å²) in [4.78, 5) is 20.3. The van der Waals surface area contributed by atoms with E-state index in [4.69, 9.17) is 5.26 Å². The van der Waals surface area contributed by atoms with E-state index in [-0.39, 0.29) is 11.8 Å². The molecule has 1 aromatic heterocycles. The van der Waals surface area contributed by atoms with E-state index in [2.05, 4.69) is 16.4 Å². The van der Waals surface area contributed by atoms with Crippen molar-refractivity contribution in [1.82, 2.24) is 9.88 Å². The monoisotopic (exact) mass is 325 g/mol. The number of halogens is 1. The molecule has 7 heteroatoms. The molecule has 2 amide bonds. The quantitative estimate of drug-likeness (QED) is 0.920. The van der Waals surface area contributed by atoms with E-state index in [0.717, 1.165) is 5.82 Å². The Kier molecular flexibility index (Phi) is 4.57. The molecule has 3 rings (SSSR count). The zero-order chi connectivity index (χ0) is 16.9. The number of nitriles is 1. The third kappa shape index (κ3) is 3.60. The van der Waals surface area contributed by atoms with Crippen molar-refractivity contribution >= 4 is 17.5 Å². The summed E-state index contributed by atoms with van der Waals surface area (Å²) in [6, 6.07) is 11.0. The Hall–Kier alpha value is -3.14. The lowest BCUT2D eigenvalue weighted by Crippen LogP contribution is -2.50. The van der Waals surface area contributed by atoms with Gasteiger partial charge >= 0.3 is 6.03 Å². The molecule has 122 valence electrons. The molecule has 24 heavy (non-hydrogen) atoms. The molecular formula is C17H16FN5O. The molecule has 2 aromatic rings. The Balaban J connectivity index is 1.57. The minimum absolute atomic E-state index is 0.208. The smallest absolute Gasteiger partial charge is 0.321 e. The fraction of sp³-hybridized carbons (Fsp3) is 0.235. The number of nitrogens with one attached hydrogen (secondary N) is 1. The molecular weight excluding hydrogens is 309 g/mol. The Bertz CT molecular complexity index is 763. The summed E-state index contributed by atoms with van der Waals surface area (Å²) in [5.41, 5.74) is 1.13. The molecule has 0 unspecified atom stereocenters. The summed E-state index contributed by atoms with van der Waals surface area (Å²) in [5.74, 6) is 0.404. The van der Waals surface area contributed by atoms with Crippen LogP contribution in [0.4, 0.5) is 20.7 Å². The molecule has 1 N–H and O–H groups in total. The van der Waals surface area contributed by atoms with Gasteiger partial charge in [0, 0.05) is 38.1 Å². The van der Waals surface area contributed by atoms with Crippen LogP contribution < -0.4 is 10.2 Å². The van der Waals surface area contributed by atoms with E-state index in [1.54, 1.807) is 23.2 Å². The highest BCUT2D eigenvalue weighted by molar-refractivity contribution is 5.89. The van der Waals surface area contributed by atoms with Crippen molar-refractivity contribution in [3.8, 4) is 6.07 Å². The minimum Gasteiger partial charge on any atom is -0.353 e. The highest BCUT2D eigenvalue weighted by Crippen LogP contribution is 2.16. The molecule has 0 atom stereocenters. The van der Waals surface area contributed by atoms with E-state index in [0.29, 0.717) is 37.4 Å². The Morgan fingerprint density at radius 2 is 1.88 bits per heavy atom. The average Bonchev–Trinajstić information content (AvgIpc) is 2.64. The van der Waals surface area contributed by atoms with Gasteiger partial charge in [0.1, 0.15) is 11.6 Å². The van der Waals surface area contributed by atoms with Crippen molar-refractivity contribution in [3.05, 3.63) is 54.0 Å². The van der Waals surface area contributed by atoms with Crippen LogP contribution in [0.15, 0.2) is 42.6 Å². The van der Waals surface area contributed by atoms with Crippen LogP contribution in [-0.4, -0.2) is 42.1 Å². The van der Waals surface area contributed by atoms with Crippen LogP contribution in [0.25, 0.3) is 0 Å². The summed E-state index contributed by atoms with van der Waals surface area (Å²) in [5, 5.41) is 11.7. The van der Waals surface area contributed by atoms with Crippen molar-refractivity contribution in [2.45, 2.75) is 0 Å². The van der Waals surface area contributed by atoms with Gasteiger partial charge in [-0.3, -0.25) is 0 Å². The molecule has 1 aliphatic rings. The maximum absolute atomic E-state index is 12.9. The van der Waals surface area contributed by atoms with Crippen LogP contribution in [0.3, 0.4) is 0 Å². The minimum atomic E-state index is -0.339. The summed E-state index contributed by atoms with van der Waals surface area (Å²) in [6.45, 7) is 2.37. The van der Waals surface area contributed by atoms with Gasteiger partial charge in [-0.15, -0.1) is 0 Å². The molecule has 2 heterocycles. The molecule has 1 aliphatic heterocycles. The summed E-state index contributed by atoms with van der Waals surface area (Å²) in [6.07, 6.45) is 1.61. The van der Waals surface area contributed by atoms with Gasteiger partial charge in [-0.05, 0) is 36.4 Å². The van der Waals surface area contributed by atoms with Crippen LogP contribution in [0.1, 0.15) is 5.56 Å². The number of hydrogen-bond acceptors (Lipinski definition) is 4. The number of nitrogens with zero attached hydrogens (tertiary/aromatic N) is 4. The number of benzene rings is 1. The van der Waals surface area contributed by atoms with Gasteiger partial charge < -0.3 is 15.1 Å². The second-order valence-corrected chi connectivity index (χ2v) is 5.43. The van der Waals surface area contributed by atoms with E-state index in [1.165, 1.54) is 24.3 Å².